The molecule has 4 heteroatoms. The van der Waals surface area contributed by atoms with Gasteiger partial charge in [-0.3, -0.25) is 4.98 Å². The second-order valence-electron chi connectivity index (χ2n) is 3.01. The van der Waals surface area contributed by atoms with Crippen molar-refractivity contribution in [1.29, 1.82) is 0 Å². The number of hydrogen-bond donors (Lipinski definition) is 2. The fourth-order valence-electron chi connectivity index (χ4n) is 1.11. The van der Waals surface area contributed by atoms with Gasteiger partial charge in [0.25, 0.3) is 0 Å². The number of methoxy groups -OCH3 is 1. The maximum Gasteiger partial charge on any atom is 0.0661 e. The van der Waals surface area contributed by atoms with E-state index in [2.05, 4.69) is 10.3 Å². The molecular weight excluding hydrogens is 166 g/mol. The Hall–Kier alpha value is -1.29. The molecule has 72 valence electrons. The zero-order valence-electron chi connectivity index (χ0n) is 7.95. The first-order chi connectivity index (χ1) is 6.22. The Bertz CT molecular complexity index is 265. The van der Waals surface area contributed by atoms with Crippen molar-refractivity contribution in [1.82, 2.24) is 4.98 Å². The minimum atomic E-state index is 0.258. The van der Waals surface area contributed by atoms with E-state index < -0.39 is 0 Å². The fraction of sp³-hybridized carbons (Fsp3) is 0.444. The Morgan fingerprint density at radius 1 is 1.62 bits per heavy atom. The molecule has 1 unspecified atom stereocenters. The fourth-order valence-corrected chi connectivity index (χ4v) is 1.11. The second-order valence-corrected chi connectivity index (χ2v) is 3.01. The number of pyridine rings is 1. The molecule has 1 aromatic rings. The number of aromatic nitrogens is 1. The molecule has 0 saturated carbocycles. The van der Waals surface area contributed by atoms with Gasteiger partial charge in [-0.05, 0) is 13.0 Å². The summed E-state index contributed by atoms with van der Waals surface area (Å²) in [5.41, 5.74) is 7.16. The average Bonchev–Trinajstić information content (AvgIpc) is 2.04. The van der Waals surface area contributed by atoms with Crippen LogP contribution in [0.25, 0.3) is 0 Å². The molecule has 1 aromatic heterocycles. The van der Waals surface area contributed by atoms with E-state index in [1.54, 1.807) is 19.5 Å². The Labute approximate surface area is 78.1 Å². The molecule has 0 aromatic carbocycles. The smallest absolute Gasteiger partial charge is 0.0661 e. The van der Waals surface area contributed by atoms with Gasteiger partial charge in [-0.25, -0.2) is 0 Å². The normalized spacial score (nSPS) is 12.5. The van der Waals surface area contributed by atoms with Gasteiger partial charge >= 0.3 is 0 Å². The van der Waals surface area contributed by atoms with Gasteiger partial charge in [0.1, 0.15) is 0 Å². The lowest BCUT2D eigenvalue weighted by molar-refractivity contribution is 0.190. The Kier molecular flexibility index (Phi) is 3.52. The largest absolute Gasteiger partial charge is 0.397 e. The molecule has 0 radical (unpaired) electrons. The molecule has 0 spiro atoms. The molecule has 1 heterocycles. The number of nitrogens with zero attached hydrogens (tertiary/aromatic N) is 1. The zero-order chi connectivity index (χ0) is 9.68. The first-order valence-corrected chi connectivity index (χ1v) is 4.18. The van der Waals surface area contributed by atoms with Crippen LogP contribution in [-0.2, 0) is 4.74 Å². The van der Waals surface area contributed by atoms with Crippen LogP contribution in [0.15, 0.2) is 18.5 Å². The maximum atomic E-state index is 5.57. The minimum absolute atomic E-state index is 0.258. The monoisotopic (exact) mass is 181 g/mol. The lowest BCUT2D eigenvalue weighted by atomic mass is 10.3. The summed E-state index contributed by atoms with van der Waals surface area (Å²) < 4.78 is 4.99. The van der Waals surface area contributed by atoms with Crippen molar-refractivity contribution in [3.05, 3.63) is 18.5 Å². The molecule has 1 rings (SSSR count). The number of rotatable bonds is 4. The van der Waals surface area contributed by atoms with Gasteiger partial charge in [-0.2, -0.15) is 0 Å². The van der Waals surface area contributed by atoms with Gasteiger partial charge in [0, 0.05) is 19.3 Å². The Balaban J connectivity index is 2.53. The predicted octanol–water partition coefficient (Wildman–Crippen LogP) is 1.11. The van der Waals surface area contributed by atoms with E-state index in [-0.39, 0.29) is 6.04 Å². The summed E-state index contributed by atoms with van der Waals surface area (Å²) >= 11 is 0. The van der Waals surface area contributed by atoms with E-state index in [1.807, 2.05) is 13.0 Å². The highest BCUT2D eigenvalue weighted by molar-refractivity contribution is 5.51. The minimum Gasteiger partial charge on any atom is -0.397 e. The van der Waals surface area contributed by atoms with Crippen LogP contribution in [0.3, 0.4) is 0 Å². The summed E-state index contributed by atoms with van der Waals surface area (Å²) in [4.78, 5) is 3.97. The van der Waals surface area contributed by atoms with Crippen molar-refractivity contribution in [3.8, 4) is 0 Å². The molecule has 0 aliphatic carbocycles. The summed E-state index contributed by atoms with van der Waals surface area (Å²) in [6.07, 6.45) is 3.36. The Morgan fingerprint density at radius 3 is 3.00 bits per heavy atom. The van der Waals surface area contributed by atoms with E-state index >= 15 is 0 Å². The van der Waals surface area contributed by atoms with Gasteiger partial charge < -0.3 is 15.8 Å². The van der Waals surface area contributed by atoms with Crippen LogP contribution in [0.4, 0.5) is 11.4 Å². The first-order valence-electron chi connectivity index (χ1n) is 4.18. The van der Waals surface area contributed by atoms with Crippen LogP contribution < -0.4 is 11.1 Å². The highest BCUT2D eigenvalue weighted by Crippen LogP contribution is 2.10. The van der Waals surface area contributed by atoms with Crippen molar-refractivity contribution in [2.24, 2.45) is 0 Å². The van der Waals surface area contributed by atoms with Crippen molar-refractivity contribution in [2.45, 2.75) is 13.0 Å². The molecule has 0 aliphatic heterocycles. The number of nitrogen functional groups attached to an aromatic ring is 1. The summed E-state index contributed by atoms with van der Waals surface area (Å²) in [6.45, 7) is 2.70. The summed E-state index contributed by atoms with van der Waals surface area (Å²) in [5, 5.41) is 3.22. The number of anilines is 2. The van der Waals surface area contributed by atoms with Crippen LogP contribution in [0, 0.1) is 0 Å². The highest BCUT2D eigenvalue weighted by atomic mass is 16.5. The molecule has 3 N–H and O–H groups in total. The third-order valence-electron chi connectivity index (χ3n) is 1.59. The molecule has 13 heavy (non-hydrogen) atoms. The third kappa shape index (κ3) is 3.29. The lowest BCUT2D eigenvalue weighted by Crippen LogP contribution is -2.20. The standard InChI is InChI=1S/C9H15N3O/c1-7(6-13-2)12-9-3-8(10)4-11-5-9/h3-5,7,12H,6,10H2,1-2H3. The summed E-state index contributed by atoms with van der Waals surface area (Å²) in [6, 6.07) is 2.10. The van der Waals surface area contributed by atoms with Crippen LogP contribution in [-0.4, -0.2) is 24.7 Å². The second kappa shape index (κ2) is 4.67. The predicted molar refractivity (Wildman–Crippen MR) is 53.6 cm³/mol. The summed E-state index contributed by atoms with van der Waals surface area (Å²) in [7, 11) is 1.68. The van der Waals surface area contributed by atoms with Crippen molar-refractivity contribution in [3.63, 3.8) is 0 Å². The van der Waals surface area contributed by atoms with E-state index in [1.165, 1.54) is 0 Å². The number of nitrogens with one attached hydrogen (secondary N) is 1. The van der Waals surface area contributed by atoms with E-state index in [9.17, 15) is 0 Å². The van der Waals surface area contributed by atoms with Crippen LogP contribution in [0.5, 0.6) is 0 Å². The van der Waals surface area contributed by atoms with Crippen molar-refractivity contribution in [2.75, 3.05) is 24.8 Å². The first kappa shape index (κ1) is 9.80. The van der Waals surface area contributed by atoms with Gasteiger partial charge in [0.15, 0.2) is 0 Å². The molecule has 0 amide bonds. The zero-order valence-corrected chi connectivity index (χ0v) is 7.95. The summed E-state index contributed by atoms with van der Waals surface area (Å²) in [5.74, 6) is 0. The van der Waals surface area contributed by atoms with Crippen molar-refractivity contribution >= 4 is 11.4 Å². The average molecular weight is 181 g/mol. The molecule has 1 atom stereocenters. The molecule has 0 saturated heterocycles. The number of ether oxygens (including phenoxy) is 1. The van der Waals surface area contributed by atoms with Gasteiger partial charge in [0.05, 0.1) is 24.2 Å². The van der Waals surface area contributed by atoms with Gasteiger partial charge in [0.2, 0.25) is 0 Å². The molecule has 0 bridgehead atoms. The SMILES string of the molecule is COCC(C)Nc1cncc(N)c1. The topological polar surface area (TPSA) is 60.2 Å². The van der Waals surface area contributed by atoms with Crippen LogP contribution >= 0.6 is 0 Å². The highest BCUT2D eigenvalue weighted by Gasteiger charge is 2.00. The Morgan fingerprint density at radius 2 is 2.38 bits per heavy atom. The molecule has 0 fully saturated rings. The van der Waals surface area contributed by atoms with E-state index in [4.69, 9.17) is 10.5 Å². The maximum absolute atomic E-state index is 5.57. The van der Waals surface area contributed by atoms with Crippen LogP contribution in [0.2, 0.25) is 0 Å². The molecule has 0 aliphatic rings. The number of hydrogen-bond acceptors (Lipinski definition) is 4. The molecule has 4 nitrogen and oxygen atoms in total. The molecular formula is C9H15N3O. The van der Waals surface area contributed by atoms with E-state index in [0.29, 0.717) is 12.3 Å². The number of nitrogens with two attached hydrogens (primary N) is 1. The third-order valence-corrected chi connectivity index (χ3v) is 1.59. The van der Waals surface area contributed by atoms with Gasteiger partial charge in [-0.15, -0.1) is 0 Å². The lowest BCUT2D eigenvalue weighted by Gasteiger charge is -2.13. The van der Waals surface area contributed by atoms with Crippen LogP contribution in [0.1, 0.15) is 6.92 Å². The van der Waals surface area contributed by atoms with Crippen molar-refractivity contribution < 1.29 is 4.74 Å². The van der Waals surface area contributed by atoms with E-state index in [0.717, 1.165) is 5.69 Å². The quantitative estimate of drug-likeness (QED) is 0.730. The van der Waals surface area contributed by atoms with Gasteiger partial charge in [-0.1, -0.05) is 0 Å².